The molecule has 2 aromatic carbocycles. The molecule has 144 valence electrons. The smallest absolute Gasteiger partial charge is 0.254 e. The number of aromatic nitrogens is 2. The summed E-state index contributed by atoms with van der Waals surface area (Å²) < 4.78 is 0. The first-order valence-electron chi connectivity index (χ1n) is 8.80. The Kier molecular flexibility index (Phi) is 7.31. The van der Waals surface area contributed by atoms with Crippen LogP contribution in [0.25, 0.3) is 0 Å². The molecule has 0 spiro atoms. The van der Waals surface area contributed by atoms with Crippen LogP contribution >= 0.6 is 35.0 Å². The summed E-state index contributed by atoms with van der Waals surface area (Å²) >= 11 is 13.3. The van der Waals surface area contributed by atoms with Crippen LogP contribution in [0.4, 0.5) is 0 Å². The molecule has 3 rings (SSSR count). The Bertz CT molecular complexity index is 936. The highest BCUT2D eigenvalue weighted by molar-refractivity contribution is 7.99. The molecule has 0 bridgehead atoms. The van der Waals surface area contributed by atoms with Crippen LogP contribution in [0.3, 0.4) is 0 Å². The van der Waals surface area contributed by atoms with Crippen molar-refractivity contribution >= 4 is 40.9 Å². The molecule has 1 atom stereocenters. The molecule has 0 saturated carbocycles. The molecule has 1 unspecified atom stereocenters. The third-order valence-corrected chi connectivity index (χ3v) is 5.48. The van der Waals surface area contributed by atoms with E-state index in [-0.39, 0.29) is 17.0 Å². The maximum absolute atomic E-state index is 12.7. The molecule has 1 aromatic heterocycles. The third-order valence-electron chi connectivity index (χ3n) is 4.04. The zero-order valence-corrected chi connectivity index (χ0v) is 17.6. The van der Waals surface area contributed by atoms with Crippen LogP contribution in [0.1, 0.15) is 22.8 Å². The van der Waals surface area contributed by atoms with Crippen molar-refractivity contribution in [1.82, 2.24) is 15.5 Å². The molecule has 3 aromatic rings. The molecule has 0 aliphatic heterocycles. The highest BCUT2D eigenvalue weighted by Crippen LogP contribution is 2.29. The second-order valence-corrected chi connectivity index (χ2v) is 8.33. The van der Waals surface area contributed by atoms with Gasteiger partial charge in [0.15, 0.2) is 5.15 Å². The van der Waals surface area contributed by atoms with Crippen molar-refractivity contribution in [3.05, 3.63) is 82.0 Å². The van der Waals surface area contributed by atoms with Crippen LogP contribution in [0.15, 0.2) is 70.6 Å². The molecule has 4 nitrogen and oxygen atoms in total. The number of carbonyl (C=O) groups is 1. The minimum Gasteiger partial charge on any atom is -0.352 e. The van der Waals surface area contributed by atoms with Gasteiger partial charge in [-0.25, -0.2) is 0 Å². The van der Waals surface area contributed by atoms with Crippen LogP contribution in [-0.4, -0.2) is 22.6 Å². The van der Waals surface area contributed by atoms with Gasteiger partial charge >= 0.3 is 0 Å². The van der Waals surface area contributed by atoms with Gasteiger partial charge < -0.3 is 5.32 Å². The molecule has 1 N–H and O–H groups in total. The number of hydrogen-bond donors (Lipinski definition) is 1. The van der Waals surface area contributed by atoms with Crippen LogP contribution in [-0.2, 0) is 6.42 Å². The van der Waals surface area contributed by atoms with Crippen LogP contribution in [0.5, 0.6) is 0 Å². The topological polar surface area (TPSA) is 54.9 Å². The number of carbonyl (C=O) groups excluding carboxylic acids is 1. The quantitative estimate of drug-likeness (QED) is 0.533. The van der Waals surface area contributed by atoms with Crippen molar-refractivity contribution < 1.29 is 4.79 Å². The van der Waals surface area contributed by atoms with Crippen molar-refractivity contribution in [3.8, 4) is 0 Å². The van der Waals surface area contributed by atoms with E-state index in [2.05, 4.69) is 22.4 Å². The number of benzene rings is 2. The number of hydrogen-bond acceptors (Lipinski definition) is 4. The summed E-state index contributed by atoms with van der Waals surface area (Å²) in [5.41, 5.74) is 1.60. The number of nitrogens with zero attached hydrogens (tertiary/aromatic N) is 2. The number of halogens is 2. The molecule has 0 aliphatic rings. The summed E-state index contributed by atoms with van der Waals surface area (Å²) in [6.45, 7) is 2.63. The molecule has 1 amide bonds. The molecule has 28 heavy (non-hydrogen) atoms. The summed E-state index contributed by atoms with van der Waals surface area (Å²) in [4.78, 5) is 13.7. The lowest BCUT2D eigenvalue weighted by molar-refractivity contribution is 0.0944. The molecule has 0 aliphatic carbocycles. The Morgan fingerprint density at radius 1 is 1.07 bits per heavy atom. The van der Waals surface area contributed by atoms with E-state index >= 15 is 0 Å². The first-order chi connectivity index (χ1) is 13.5. The SMILES string of the molecule is CC(CNC(=O)c1cc(Cl)nnc1Sc1ccccc1)Cc1ccc(Cl)cc1. The average molecular weight is 432 g/mol. The predicted molar refractivity (Wildman–Crippen MR) is 114 cm³/mol. The lowest BCUT2D eigenvalue weighted by Crippen LogP contribution is -2.29. The van der Waals surface area contributed by atoms with Crippen molar-refractivity contribution in [2.45, 2.75) is 23.3 Å². The van der Waals surface area contributed by atoms with E-state index in [1.807, 2.05) is 54.6 Å². The summed E-state index contributed by atoms with van der Waals surface area (Å²) in [7, 11) is 0. The van der Waals surface area contributed by atoms with Crippen molar-refractivity contribution in [2.75, 3.05) is 6.54 Å². The minimum absolute atomic E-state index is 0.191. The fourth-order valence-electron chi connectivity index (χ4n) is 2.65. The fourth-order valence-corrected chi connectivity index (χ4v) is 3.78. The zero-order valence-electron chi connectivity index (χ0n) is 15.2. The van der Waals surface area contributed by atoms with Crippen LogP contribution in [0.2, 0.25) is 10.2 Å². The largest absolute Gasteiger partial charge is 0.352 e. The van der Waals surface area contributed by atoms with E-state index in [0.29, 0.717) is 17.1 Å². The van der Waals surface area contributed by atoms with E-state index in [0.717, 1.165) is 16.3 Å². The van der Waals surface area contributed by atoms with E-state index in [1.165, 1.54) is 17.3 Å². The van der Waals surface area contributed by atoms with Gasteiger partial charge in [0.05, 0.1) is 5.56 Å². The summed E-state index contributed by atoms with van der Waals surface area (Å²) in [5, 5.41) is 12.4. The summed E-state index contributed by atoms with van der Waals surface area (Å²) in [6.07, 6.45) is 0.846. The Hall–Kier alpha value is -2.08. The Balaban J connectivity index is 1.64. The Morgan fingerprint density at radius 2 is 1.79 bits per heavy atom. The Morgan fingerprint density at radius 3 is 2.50 bits per heavy atom. The van der Waals surface area contributed by atoms with Gasteiger partial charge in [-0.05, 0) is 48.2 Å². The molecule has 7 heteroatoms. The van der Waals surface area contributed by atoms with Gasteiger partial charge in [0, 0.05) is 16.5 Å². The monoisotopic (exact) mass is 431 g/mol. The lowest BCUT2D eigenvalue weighted by atomic mass is 10.0. The highest BCUT2D eigenvalue weighted by Gasteiger charge is 2.16. The van der Waals surface area contributed by atoms with Crippen LogP contribution < -0.4 is 5.32 Å². The zero-order chi connectivity index (χ0) is 19.9. The first-order valence-corrected chi connectivity index (χ1v) is 10.4. The van der Waals surface area contributed by atoms with Gasteiger partial charge in [-0.1, -0.05) is 72.2 Å². The van der Waals surface area contributed by atoms with E-state index in [9.17, 15) is 4.79 Å². The second-order valence-electron chi connectivity index (χ2n) is 6.45. The standard InChI is InChI=1S/C21H19Cl2N3OS/c1-14(11-15-7-9-16(22)10-8-15)13-24-20(27)18-12-19(23)25-26-21(18)28-17-5-3-2-4-6-17/h2-10,12,14H,11,13H2,1H3,(H,24,27). The number of nitrogens with one attached hydrogen (secondary N) is 1. The summed E-state index contributed by atoms with van der Waals surface area (Å²) in [5.74, 6) is 0.0545. The Labute approximate surface area is 178 Å². The van der Waals surface area contributed by atoms with E-state index in [1.54, 1.807) is 6.07 Å². The maximum Gasteiger partial charge on any atom is 0.254 e. The van der Waals surface area contributed by atoms with Gasteiger partial charge in [0.25, 0.3) is 5.91 Å². The molecular formula is C21H19Cl2N3OS. The fraction of sp³-hybridized carbons (Fsp3) is 0.190. The van der Waals surface area contributed by atoms with Crippen molar-refractivity contribution in [3.63, 3.8) is 0 Å². The van der Waals surface area contributed by atoms with Crippen LogP contribution in [0, 0.1) is 5.92 Å². The molecule has 0 fully saturated rings. The number of amides is 1. The predicted octanol–water partition coefficient (Wildman–Crippen LogP) is 5.54. The van der Waals surface area contributed by atoms with Gasteiger partial charge in [0.1, 0.15) is 5.03 Å². The summed E-state index contributed by atoms with van der Waals surface area (Å²) in [6, 6.07) is 19.0. The lowest BCUT2D eigenvalue weighted by Gasteiger charge is -2.14. The van der Waals surface area contributed by atoms with E-state index < -0.39 is 0 Å². The number of rotatable bonds is 7. The molecule has 1 heterocycles. The third kappa shape index (κ3) is 5.96. The van der Waals surface area contributed by atoms with Gasteiger partial charge in [-0.15, -0.1) is 10.2 Å². The van der Waals surface area contributed by atoms with Gasteiger partial charge in [-0.3, -0.25) is 4.79 Å². The first kappa shape index (κ1) is 20.6. The second kappa shape index (κ2) is 9.92. The maximum atomic E-state index is 12.7. The van der Waals surface area contributed by atoms with Gasteiger partial charge in [0.2, 0.25) is 0 Å². The average Bonchev–Trinajstić information content (AvgIpc) is 2.70. The molecule has 0 saturated heterocycles. The van der Waals surface area contributed by atoms with E-state index in [4.69, 9.17) is 23.2 Å². The molecule has 0 radical (unpaired) electrons. The highest BCUT2D eigenvalue weighted by atomic mass is 35.5. The minimum atomic E-state index is -0.210. The molecular weight excluding hydrogens is 413 g/mol. The van der Waals surface area contributed by atoms with Crippen molar-refractivity contribution in [1.29, 1.82) is 0 Å². The van der Waals surface area contributed by atoms with Crippen molar-refractivity contribution in [2.24, 2.45) is 5.92 Å². The normalized spacial score (nSPS) is 11.8. The van der Waals surface area contributed by atoms with Gasteiger partial charge in [-0.2, -0.15) is 0 Å².